The van der Waals surface area contributed by atoms with E-state index in [2.05, 4.69) is 10.6 Å². The fourth-order valence-corrected chi connectivity index (χ4v) is 2.78. The predicted octanol–water partition coefficient (Wildman–Crippen LogP) is 0.402. The molecule has 1 unspecified atom stereocenters. The van der Waals surface area contributed by atoms with E-state index in [1.165, 1.54) is 4.90 Å². The molecule has 8 nitrogen and oxygen atoms in total. The summed E-state index contributed by atoms with van der Waals surface area (Å²) >= 11 is 0. The minimum absolute atomic E-state index is 0.00248. The second kappa shape index (κ2) is 6.98. The maximum atomic E-state index is 12.1. The van der Waals surface area contributed by atoms with Crippen molar-refractivity contribution in [1.29, 1.82) is 0 Å². The topological polar surface area (TPSA) is 91.0 Å². The summed E-state index contributed by atoms with van der Waals surface area (Å²) in [7, 11) is 1.57. The molecule has 4 amide bonds. The Morgan fingerprint density at radius 3 is 2.92 bits per heavy atom. The number of hydrogen-bond acceptors (Lipinski definition) is 5. The monoisotopic (exact) mass is 332 g/mol. The summed E-state index contributed by atoms with van der Waals surface area (Å²) in [6.07, 6.45) is 0.300. The third-order valence-electron chi connectivity index (χ3n) is 3.96. The van der Waals surface area contributed by atoms with E-state index in [1.54, 1.807) is 31.3 Å². The summed E-state index contributed by atoms with van der Waals surface area (Å²) in [5, 5.41) is 6.02. The van der Waals surface area contributed by atoms with Crippen LogP contribution in [0.5, 0.6) is 0 Å². The van der Waals surface area contributed by atoms with Crippen molar-refractivity contribution in [1.82, 2.24) is 10.2 Å². The molecule has 2 aliphatic heterocycles. The number of likely N-dealkylation sites (N-methyl/N-ethyl adjacent to an activating group) is 1. The molecule has 8 heteroatoms. The van der Waals surface area contributed by atoms with Crippen LogP contribution in [0.2, 0.25) is 0 Å². The van der Waals surface area contributed by atoms with Crippen LogP contribution in [0, 0.1) is 0 Å². The lowest BCUT2D eigenvalue weighted by Crippen LogP contribution is -2.43. The summed E-state index contributed by atoms with van der Waals surface area (Å²) < 4.78 is 5.32. The fraction of sp³-hybridized carbons (Fsp3) is 0.438. The minimum atomic E-state index is -0.368. The highest BCUT2D eigenvalue weighted by Crippen LogP contribution is 2.24. The first kappa shape index (κ1) is 16.4. The highest BCUT2D eigenvalue weighted by atomic mass is 16.5. The third-order valence-corrected chi connectivity index (χ3v) is 3.96. The molecule has 3 rings (SSSR count). The van der Waals surface area contributed by atoms with Crippen molar-refractivity contribution in [2.45, 2.75) is 12.5 Å². The molecule has 2 saturated heterocycles. The minimum Gasteiger partial charge on any atom is -0.378 e. The molecule has 0 radical (unpaired) electrons. The maximum Gasteiger partial charge on any atom is 0.331 e. The number of nitrogens with zero attached hydrogens (tertiary/aromatic N) is 2. The van der Waals surface area contributed by atoms with Crippen molar-refractivity contribution >= 4 is 29.2 Å². The van der Waals surface area contributed by atoms with Crippen LogP contribution in [0.25, 0.3) is 0 Å². The maximum absolute atomic E-state index is 12.1. The zero-order chi connectivity index (χ0) is 17.1. The number of hydrogen-bond donors (Lipinski definition) is 2. The Bertz CT molecular complexity index is 657. The molecule has 0 aliphatic carbocycles. The van der Waals surface area contributed by atoms with Crippen LogP contribution >= 0.6 is 0 Å². The van der Waals surface area contributed by atoms with Gasteiger partial charge < -0.3 is 20.3 Å². The second-order valence-electron chi connectivity index (χ2n) is 5.90. The molecule has 2 heterocycles. The zero-order valence-corrected chi connectivity index (χ0v) is 13.4. The predicted molar refractivity (Wildman–Crippen MR) is 87.8 cm³/mol. The highest BCUT2D eigenvalue weighted by molar-refractivity contribution is 6.19. The molecule has 128 valence electrons. The van der Waals surface area contributed by atoms with Gasteiger partial charge in [-0.3, -0.25) is 9.59 Å². The summed E-state index contributed by atoms with van der Waals surface area (Å²) in [5.41, 5.74) is 0.996. The molecule has 0 aromatic heterocycles. The van der Waals surface area contributed by atoms with E-state index < -0.39 is 0 Å². The van der Waals surface area contributed by atoms with Crippen LogP contribution in [0.1, 0.15) is 6.42 Å². The van der Waals surface area contributed by atoms with Gasteiger partial charge >= 0.3 is 6.03 Å². The molecule has 2 aliphatic rings. The first-order chi connectivity index (χ1) is 11.5. The molecule has 1 atom stereocenters. The van der Waals surface area contributed by atoms with Crippen molar-refractivity contribution in [2.24, 2.45) is 0 Å². The van der Waals surface area contributed by atoms with Crippen molar-refractivity contribution < 1.29 is 19.1 Å². The summed E-state index contributed by atoms with van der Waals surface area (Å²) in [6.45, 7) is 1.96. The summed E-state index contributed by atoms with van der Waals surface area (Å²) in [6, 6.07) is 6.34. The fourth-order valence-electron chi connectivity index (χ4n) is 2.78. The largest absolute Gasteiger partial charge is 0.378 e. The van der Waals surface area contributed by atoms with Gasteiger partial charge in [0.05, 0.1) is 18.9 Å². The average Bonchev–Trinajstić information content (AvgIpc) is 2.81. The smallest absolute Gasteiger partial charge is 0.331 e. The first-order valence-electron chi connectivity index (χ1n) is 7.83. The molecule has 0 saturated carbocycles. The van der Waals surface area contributed by atoms with Crippen molar-refractivity contribution in [3.63, 3.8) is 0 Å². The van der Waals surface area contributed by atoms with Gasteiger partial charge in [-0.2, -0.15) is 0 Å². The number of carbonyl (C=O) groups excluding carboxylic acids is 3. The number of urea groups is 1. The van der Waals surface area contributed by atoms with Gasteiger partial charge in [0.15, 0.2) is 0 Å². The number of rotatable bonds is 4. The van der Waals surface area contributed by atoms with Gasteiger partial charge in [0.1, 0.15) is 6.54 Å². The molecular formula is C16H20N4O4. The summed E-state index contributed by atoms with van der Waals surface area (Å²) in [5.74, 6) is -0.430. The van der Waals surface area contributed by atoms with Crippen LogP contribution in [0.4, 0.5) is 16.2 Å². The Morgan fingerprint density at radius 2 is 2.25 bits per heavy atom. The van der Waals surface area contributed by atoms with E-state index >= 15 is 0 Å². The van der Waals surface area contributed by atoms with E-state index in [0.717, 1.165) is 11.4 Å². The van der Waals surface area contributed by atoms with Crippen molar-refractivity contribution in [3.05, 3.63) is 24.3 Å². The van der Waals surface area contributed by atoms with Crippen molar-refractivity contribution in [3.8, 4) is 0 Å². The Kier molecular flexibility index (Phi) is 4.77. The number of imide groups is 1. The summed E-state index contributed by atoms with van der Waals surface area (Å²) in [4.78, 5) is 38.6. The third kappa shape index (κ3) is 3.55. The van der Waals surface area contributed by atoms with Gasteiger partial charge in [-0.1, -0.05) is 6.07 Å². The van der Waals surface area contributed by atoms with Gasteiger partial charge in [0.2, 0.25) is 5.91 Å². The molecule has 24 heavy (non-hydrogen) atoms. The van der Waals surface area contributed by atoms with Gasteiger partial charge in [0, 0.05) is 31.7 Å². The molecule has 1 aromatic carbocycles. The number of ether oxygens (including phenoxy) is 1. The lowest BCUT2D eigenvalue weighted by molar-refractivity contribution is -0.117. The number of nitrogens with one attached hydrogen (secondary N) is 2. The Balaban J connectivity index is 1.66. The van der Waals surface area contributed by atoms with E-state index in [1.807, 2.05) is 0 Å². The Morgan fingerprint density at radius 1 is 1.42 bits per heavy atom. The van der Waals surface area contributed by atoms with E-state index in [-0.39, 0.29) is 30.4 Å². The van der Waals surface area contributed by atoms with E-state index in [9.17, 15) is 14.4 Å². The number of morpholine rings is 1. The quantitative estimate of drug-likeness (QED) is 0.779. The molecule has 1 aromatic rings. The zero-order valence-electron chi connectivity index (χ0n) is 13.4. The second-order valence-corrected chi connectivity index (χ2v) is 5.90. The van der Waals surface area contributed by atoms with E-state index in [4.69, 9.17) is 4.74 Å². The van der Waals surface area contributed by atoms with Crippen LogP contribution < -0.4 is 15.5 Å². The molecule has 0 bridgehead atoms. The Labute approximate surface area is 139 Å². The van der Waals surface area contributed by atoms with Gasteiger partial charge in [-0.15, -0.1) is 0 Å². The SMILES string of the molecule is CN1CC(=O)N(c2cccc(NC(=O)CC3COCCN3)c2)C1=O. The number of anilines is 2. The lowest BCUT2D eigenvalue weighted by Gasteiger charge is -2.23. The average molecular weight is 332 g/mol. The normalized spacial score (nSPS) is 21.3. The van der Waals surface area contributed by atoms with E-state index in [0.29, 0.717) is 31.0 Å². The molecule has 2 N–H and O–H groups in total. The lowest BCUT2D eigenvalue weighted by atomic mass is 10.2. The Hall–Kier alpha value is -2.45. The van der Waals surface area contributed by atoms with Gasteiger partial charge in [-0.05, 0) is 18.2 Å². The van der Waals surface area contributed by atoms with Crippen molar-refractivity contribution in [2.75, 3.05) is 43.6 Å². The molecule has 2 fully saturated rings. The molecule has 0 spiro atoms. The van der Waals surface area contributed by atoms with Crippen LogP contribution in [-0.2, 0) is 14.3 Å². The van der Waals surface area contributed by atoms with Crippen LogP contribution in [0.3, 0.4) is 0 Å². The number of amides is 4. The first-order valence-corrected chi connectivity index (χ1v) is 7.83. The van der Waals surface area contributed by atoms with Gasteiger partial charge in [-0.25, -0.2) is 9.69 Å². The van der Waals surface area contributed by atoms with Crippen LogP contribution in [0.15, 0.2) is 24.3 Å². The van der Waals surface area contributed by atoms with Crippen LogP contribution in [-0.4, -0.2) is 62.1 Å². The highest BCUT2D eigenvalue weighted by Gasteiger charge is 2.34. The number of benzene rings is 1. The van der Waals surface area contributed by atoms with Gasteiger partial charge in [0.25, 0.3) is 5.91 Å². The number of carbonyl (C=O) groups is 3. The standard InChI is InChI=1S/C16H20N4O4/c1-19-9-15(22)20(16(19)23)13-4-2-3-11(7-13)18-14(21)8-12-10-24-6-5-17-12/h2-4,7,12,17H,5-6,8-10H2,1H3,(H,18,21). The molecular weight excluding hydrogens is 312 g/mol.